The van der Waals surface area contributed by atoms with Crippen molar-refractivity contribution in [3.63, 3.8) is 0 Å². The Morgan fingerprint density at radius 3 is 2.17 bits per heavy atom. The molecule has 0 amide bonds. The molecule has 2 nitrogen and oxygen atoms in total. The molecule has 0 aromatic carbocycles. The van der Waals surface area contributed by atoms with Crippen molar-refractivity contribution in [2.45, 2.75) is 33.3 Å². The minimum Gasteiger partial charge on any atom is -0.382 e. The Hall–Kier alpha value is -0.890. The van der Waals surface area contributed by atoms with Crippen LogP contribution >= 0.6 is 0 Å². The predicted octanol–water partition coefficient (Wildman–Crippen LogP) is 1.85. The molecule has 0 saturated heterocycles. The lowest BCUT2D eigenvalue weighted by atomic mass is 10.0. The molecule has 0 bridgehead atoms. The second-order valence-electron chi connectivity index (χ2n) is 3.53. The number of rotatable bonds is 3. The van der Waals surface area contributed by atoms with Crippen LogP contribution < -0.4 is 0 Å². The molecule has 0 fully saturated rings. The molecule has 0 unspecified atom stereocenters. The molecule has 0 aliphatic carbocycles. The van der Waals surface area contributed by atoms with E-state index in [1.54, 1.807) is 6.08 Å². The van der Waals surface area contributed by atoms with E-state index in [1.807, 2.05) is 19.9 Å². The number of ketones is 1. The number of carbonyl (C=O) groups excluding carboxylic acids is 1. The second kappa shape index (κ2) is 4.21. The first-order chi connectivity index (χ1) is 5.34. The van der Waals surface area contributed by atoms with Crippen LogP contribution in [0, 0.1) is 0 Å². The fraction of sp³-hybridized carbons (Fsp3) is 0.500. The molecule has 0 aliphatic rings. The molecule has 0 aliphatic heterocycles. The van der Waals surface area contributed by atoms with Crippen molar-refractivity contribution in [1.29, 1.82) is 0 Å². The average Bonchev–Trinajstić information content (AvgIpc) is 1.84. The summed E-state index contributed by atoms with van der Waals surface area (Å²) in [6.07, 6.45) is 4.85. The molecule has 68 valence electrons. The Labute approximate surface area is 73.6 Å². The van der Waals surface area contributed by atoms with Gasteiger partial charge in [0.15, 0.2) is 5.78 Å². The van der Waals surface area contributed by atoms with Crippen LogP contribution in [0.25, 0.3) is 0 Å². The van der Waals surface area contributed by atoms with Crippen LogP contribution in [0.3, 0.4) is 0 Å². The van der Waals surface area contributed by atoms with E-state index >= 15 is 0 Å². The van der Waals surface area contributed by atoms with Crippen LogP contribution in [0.5, 0.6) is 0 Å². The van der Waals surface area contributed by atoms with Crippen LogP contribution in [-0.2, 0) is 4.79 Å². The molecule has 0 radical (unpaired) electrons. The van der Waals surface area contributed by atoms with Gasteiger partial charge in [0.2, 0.25) is 0 Å². The lowest BCUT2D eigenvalue weighted by molar-refractivity contribution is -0.128. The van der Waals surface area contributed by atoms with Crippen LogP contribution in [-0.4, -0.2) is 16.5 Å². The summed E-state index contributed by atoms with van der Waals surface area (Å²) in [4.78, 5) is 11.1. The van der Waals surface area contributed by atoms with Gasteiger partial charge in [-0.1, -0.05) is 17.7 Å². The highest BCUT2D eigenvalue weighted by Crippen LogP contribution is 2.03. The van der Waals surface area contributed by atoms with E-state index < -0.39 is 5.60 Å². The van der Waals surface area contributed by atoms with Gasteiger partial charge in [0.05, 0.1) is 0 Å². The molecule has 0 atom stereocenters. The van der Waals surface area contributed by atoms with E-state index in [4.69, 9.17) is 0 Å². The van der Waals surface area contributed by atoms with Gasteiger partial charge >= 0.3 is 0 Å². The second-order valence-corrected chi connectivity index (χ2v) is 3.53. The van der Waals surface area contributed by atoms with Crippen molar-refractivity contribution in [1.82, 2.24) is 0 Å². The van der Waals surface area contributed by atoms with Gasteiger partial charge in [-0.15, -0.1) is 0 Å². The first-order valence-electron chi connectivity index (χ1n) is 3.92. The third kappa shape index (κ3) is 4.85. The van der Waals surface area contributed by atoms with Crippen molar-refractivity contribution in [2.24, 2.45) is 0 Å². The van der Waals surface area contributed by atoms with Crippen LogP contribution in [0.15, 0.2) is 23.8 Å². The Bertz CT molecular complexity index is 212. The zero-order chi connectivity index (χ0) is 9.78. The van der Waals surface area contributed by atoms with Gasteiger partial charge in [-0.25, -0.2) is 0 Å². The van der Waals surface area contributed by atoms with Gasteiger partial charge in [0, 0.05) is 0 Å². The molecule has 0 rings (SSSR count). The van der Waals surface area contributed by atoms with Crippen molar-refractivity contribution in [3.05, 3.63) is 23.8 Å². The van der Waals surface area contributed by atoms with E-state index in [0.717, 1.165) is 5.57 Å². The van der Waals surface area contributed by atoms with E-state index in [1.165, 1.54) is 19.9 Å². The molecule has 0 spiro atoms. The number of allylic oxidation sites excluding steroid dienone is 3. The molecule has 0 aromatic rings. The van der Waals surface area contributed by atoms with Gasteiger partial charge < -0.3 is 5.11 Å². The standard InChI is InChI=1S/C10H16O2/c1-8(2)6-5-7-9(11)10(3,4)12/h5-7,12H,1-4H3/b7-5+. The third-order valence-corrected chi connectivity index (χ3v) is 1.28. The fourth-order valence-corrected chi connectivity index (χ4v) is 0.532. The lowest BCUT2D eigenvalue weighted by Gasteiger charge is -2.11. The molecule has 0 heterocycles. The largest absolute Gasteiger partial charge is 0.382 e. The maximum atomic E-state index is 11.1. The zero-order valence-electron chi connectivity index (χ0n) is 8.09. The summed E-state index contributed by atoms with van der Waals surface area (Å²) in [7, 11) is 0. The molecular weight excluding hydrogens is 152 g/mol. The first kappa shape index (κ1) is 11.1. The summed E-state index contributed by atoms with van der Waals surface area (Å²) in [6, 6.07) is 0. The van der Waals surface area contributed by atoms with Gasteiger partial charge in [-0.05, 0) is 33.8 Å². The predicted molar refractivity (Wildman–Crippen MR) is 49.9 cm³/mol. The minimum atomic E-state index is -1.26. The zero-order valence-corrected chi connectivity index (χ0v) is 8.09. The molecule has 12 heavy (non-hydrogen) atoms. The van der Waals surface area contributed by atoms with Crippen LogP contribution in [0.2, 0.25) is 0 Å². The quantitative estimate of drug-likeness (QED) is 0.516. The summed E-state index contributed by atoms with van der Waals surface area (Å²) in [5.74, 6) is -0.278. The molecular formula is C10H16O2. The summed E-state index contributed by atoms with van der Waals surface area (Å²) < 4.78 is 0. The maximum absolute atomic E-state index is 11.1. The summed E-state index contributed by atoms with van der Waals surface area (Å²) in [6.45, 7) is 6.84. The first-order valence-corrected chi connectivity index (χ1v) is 3.92. The maximum Gasteiger partial charge on any atom is 0.186 e. The van der Waals surface area contributed by atoms with Crippen LogP contribution in [0.4, 0.5) is 0 Å². The Morgan fingerprint density at radius 2 is 1.83 bits per heavy atom. The number of carbonyl (C=O) groups is 1. The van der Waals surface area contributed by atoms with Crippen molar-refractivity contribution in [3.8, 4) is 0 Å². The SMILES string of the molecule is CC(C)=C/C=C/C(=O)C(C)(C)O. The van der Waals surface area contributed by atoms with Gasteiger partial charge in [-0.2, -0.15) is 0 Å². The van der Waals surface area contributed by atoms with Crippen LogP contribution in [0.1, 0.15) is 27.7 Å². The Balaban J connectivity index is 4.20. The van der Waals surface area contributed by atoms with E-state index in [0.29, 0.717) is 0 Å². The van der Waals surface area contributed by atoms with Gasteiger partial charge in [0.25, 0.3) is 0 Å². The van der Waals surface area contributed by atoms with E-state index in [2.05, 4.69) is 0 Å². The monoisotopic (exact) mass is 168 g/mol. The third-order valence-electron chi connectivity index (χ3n) is 1.28. The number of aliphatic hydroxyl groups is 1. The number of hydrogen-bond acceptors (Lipinski definition) is 2. The minimum absolute atomic E-state index is 0.278. The van der Waals surface area contributed by atoms with E-state index in [9.17, 15) is 9.90 Å². The molecule has 1 N–H and O–H groups in total. The smallest absolute Gasteiger partial charge is 0.186 e. The van der Waals surface area contributed by atoms with Crippen molar-refractivity contribution in [2.75, 3.05) is 0 Å². The molecule has 0 aromatic heterocycles. The fourth-order valence-electron chi connectivity index (χ4n) is 0.532. The molecule has 0 saturated carbocycles. The summed E-state index contributed by atoms with van der Waals surface area (Å²) >= 11 is 0. The highest BCUT2D eigenvalue weighted by Gasteiger charge is 2.19. The Kier molecular flexibility index (Phi) is 3.90. The van der Waals surface area contributed by atoms with Crippen molar-refractivity contribution >= 4 is 5.78 Å². The lowest BCUT2D eigenvalue weighted by Crippen LogP contribution is -2.29. The van der Waals surface area contributed by atoms with E-state index in [-0.39, 0.29) is 5.78 Å². The van der Waals surface area contributed by atoms with Crippen molar-refractivity contribution < 1.29 is 9.90 Å². The topological polar surface area (TPSA) is 37.3 Å². The van der Waals surface area contributed by atoms with Gasteiger partial charge in [-0.3, -0.25) is 4.79 Å². The Morgan fingerprint density at radius 1 is 1.33 bits per heavy atom. The highest BCUT2D eigenvalue weighted by molar-refractivity contribution is 5.96. The summed E-state index contributed by atoms with van der Waals surface area (Å²) in [5, 5.41) is 9.23. The normalized spacial score (nSPS) is 11.8. The molecule has 2 heteroatoms. The highest BCUT2D eigenvalue weighted by atomic mass is 16.3. The summed E-state index contributed by atoms with van der Waals surface area (Å²) in [5.41, 5.74) is -0.138. The van der Waals surface area contributed by atoms with Gasteiger partial charge in [0.1, 0.15) is 5.60 Å². The average molecular weight is 168 g/mol. The number of hydrogen-bond donors (Lipinski definition) is 1.